The van der Waals surface area contributed by atoms with Crippen LogP contribution in [0.1, 0.15) is 26.7 Å². The molecule has 0 aromatic carbocycles. The van der Waals surface area contributed by atoms with Crippen molar-refractivity contribution >= 4 is 0 Å². The highest BCUT2D eigenvalue weighted by atomic mass is 16.6. The summed E-state index contributed by atoms with van der Waals surface area (Å²) in [6, 6.07) is 0. The third-order valence-electron chi connectivity index (χ3n) is 1.33. The number of nitrogens with zero attached hydrogens (tertiary/aromatic N) is 1. The lowest BCUT2D eigenvalue weighted by Gasteiger charge is -2.11. The highest BCUT2D eigenvalue weighted by molar-refractivity contribution is 5.05. The minimum absolute atomic E-state index is 0.0449. The van der Waals surface area contributed by atoms with Crippen molar-refractivity contribution < 1.29 is 9.15 Å². The van der Waals surface area contributed by atoms with Gasteiger partial charge in [0, 0.05) is 5.41 Å². The summed E-state index contributed by atoms with van der Waals surface area (Å²) in [5.74, 6) is 1.17. The quantitative estimate of drug-likeness (QED) is 0.622. The van der Waals surface area contributed by atoms with Crippen molar-refractivity contribution in [2.45, 2.75) is 26.2 Å². The first-order chi connectivity index (χ1) is 5.04. The molecule has 0 spiro atoms. The Morgan fingerprint density at radius 3 is 2.36 bits per heavy atom. The number of aromatic nitrogens is 1. The number of methoxy groups -OCH3 is 1. The van der Waals surface area contributed by atoms with Crippen LogP contribution in [0.5, 0.6) is 5.95 Å². The van der Waals surface area contributed by atoms with Gasteiger partial charge in [-0.25, -0.2) is 4.98 Å². The smallest absolute Gasteiger partial charge is 0.304 e. The van der Waals surface area contributed by atoms with Gasteiger partial charge in [0.25, 0.3) is 0 Å². The first-order valence-electron chi connectivity index (χ1n) is 3.54. The van der Waals surface area contributed by atoms with Crippen molar-refractivity contribution in [3.63, 3.8) is 0 Å². The van der Waals surface area contributed by atoms with Gasteiger partial charge in [-0.15, -0.1) is 0 Å². The van der Waals surface area contributed by atoms with Crippen LogP contribution in [0.2, 0.25) is 0 Å². The van der Waals surface area contributed by atoms with Crippen LogP contribution in [0.15, 0.2) is 10.6 Å². The maximum Gasteiger partial charge on any atom is 0.304 e. The Labute approximate surface area is 66.4 Å². The number of hydrogen-bond donors (Lipinski definition) is 0. The summed E-state index contributed by atoms with van der Waals surface area (Å²) in [7, 11) is 1.56. The first kappa shape index (κ1) is 8.11. The molecule has 0 saturated heterocycles. The van der Waals surface area contributed by atoms with Gasteiger partial charge in [-0.05, 0) is 0 Å². The Balaban J connectivity index is 2.89. The molecule has 0 bridgehead atoms. The van der Waals surface area contributed by atoms with Gasteiger partial charge in [-0.2, -0.15) is 0 Å². The van der Waals surface area contributed by atoms with Crippen molar-refractivity contribution in [1.29, 1.82) is 0 Å². The Kier molecular flexibility index (Phi) is 1.89. The van der Waals surface area contributed by atoms with E-state index in [0.717, 1.165) is 0 Å². The van der Waals surface area contributed by atoms with E-state index in [4.69, 9.17) is 9.15 Å². The zero-order valence-corrected chi connectivity index (χ0v) is 7.34. The number of rotatable bonds is 1. The van der Waals surface area contributed by atoms with E-state index in [-0.39, 0.29) is 5.41 Å². The molecular formula is C8H13NO2. The molecule has 0 aliphatic heterocycles. The average Bonchev–Trinajstić information content (AvgIpc) is 2.32. The Morgan fingerprint density at radius 2 is 2.09 bits per heavy atom. The summed E-state index contributed by atoms with van der Waals surface area (Å²) in [5.41, 5.74) is -0.0449. The Morgan fingerprint density at radius 1 is 1.45 bits per heavy atom. The molecule has 0 aliphatic carbocycles. The maximum absolute atomic E-state index is 5.26. The summed E-state index contributed by atoms with van der Waals surface area (Å²) in [6.07, 6.45) is 1.58. The number of ether oxygens (including phenoxy) is 1. The molecular weight excluding hydrogens is 142 g/mol. The fourth-order valence-electron chi connectivity index (χ4n) is 0.700. The lowest BCUT2D eigenvalue weighted by molar-refractivity contribution is 0.274. The molecule has 0 aliphatic rings. The van der Waals surface area contributed by atoms with Gasteiger partial charge < -0.3 is 9.15 Å². The fraction of sp³-hybridized carbons (Fsp3) is 0.625. The highest BCUT2D eigenvalue weighted by Gasteiger charge is 2.20. The van der Waals surface area contributed by atoms with Gasteiger partial charge in [0.15, 0.2) is 0 Å². The summed E-state index contributed by atoms with van der Waals surface area (Å²) in [6.45, 7) is 6.12. The summed E-state index contributed by atoms with van der Waals surface area (Å²) in [4.78, 5) is 4.07. The second-order valence-electron chi connectivity index (χ2n) is 3.44. The van der Waals surface area contributed by atoms with Crippen molar-refractivity contribution in [3.8, 4) is 5.95 Å². The molecule has 1 rings (SSSR count). The van der Waals surface area contributed by atoms with Crippen LogP contribution in [0, 0.1) is 0 Å². The maximum atomic E-state index is 5.26. The molecule has 0 amide bonds. The minimum Gasteiger partial charge on any atom is -0.467 e. The van der Waals surface area contributed by atoms with E-state index < -0.39 is 0 Å². The molecule has 62 valence electrons. The van der Waals surface area contributed by atoms with E-state index in [2.05, 4.69) is 4.98 Å². The monoisotopic (exact) mass is 155 g/mol. The molecule has 1 heterocycles. The van der Waals surface area contributed by atoms with Crippen molar-refractivity contribution in [1.82, 2.24) is 4.98 Å². The summed E-state index contributed by atoms with van der Waals surface area (Å²) >= 11 is 0. The van der Waals surface area contributed by atoms with Gasteiger partial charge >= 0.3 is 5.95 Å². The van der Waals surface area contributed by atoms with E-state index >= 15 is 0 Å². The molecule has 0 saturated carbocycles. The van der Waals surface area contributed by atoms with Crippen LogP contribution in [-0.2, 0) is 5.41 Å². The second kappa shape index (κ2) is 2.57. The molecule has 3 nitrogen and oxygen atoms in total. The largest absolute Gasteiger partial charge is 0.467 e. The SMILES string of the molecule is COc1cnc(C(C)(C)C)o1. The molecule has 0 unspecified atom stereocenters. The average molecular weight is 155 g/mol. The molecule has 0 N–H and O–H groups in total. The number of oxazole rings is 1. The van der Waals surface area contributed by atoms with Crippen molar-refractivity contribution in [3.05, 3.63) is 12.1 Å². The summed E-state index contributed by atoms with van der Waals surface area (Å²) in [5, 5.41) is 0. The lowest BCUT2D eigenvalue weighted by Crippen LogP contribution is -2.10. The van der Waals surface area contributed by atoms with Gasteiger partial charge in [-0.3, -0.25) is 0 Å². The molecule has 1 aromatic heterocycles. The zero-order valence-electron chi connectivity index (χ0n) is 7.34. The zero-order chi connectivity index (χ0) is 8.48. The lowest BCUT2D eigenvalue weighted by atomic mass is 9.97. The third kappa shape index (κ3) is 1.73. The predicted molar refractivity (Wildman–Crippen MR) is 41.8 cm³/mol. The van der Waals surface area contributed by atoms with Crippen LogP contribution in [-0.4, -0.2) is 12.1 Å². The topological polar surface area (TPSA) is 35.3 Å². The van der Waals surface area contributed by atoms with Crippen molar-refractivity contribution in [2.75, 3.05) is 7.11 Å². The van der Waals surface area contributed by atoms with E-state index in [1.165, 1.54) is 0 Å². The molecule has 11 heavy (non-hydrogen) atoms. The van der Waals surface area contributed by atoms with E-state index in [1.807, 2.05) is 20.8 Å². The van der Waals surface area contributed by atoms with Crippen molar-refractivity contribution in [2.24, 2.45) is 0 Å². The Hall–Kier alpha value is -0.990. The van der Waals surface area contributed by atoms with Gasteiger partial charge in [0.2, 0.25) is 5.89 Å². The summed E-state index contributed by atoms with van der Waals surface area (Å²) < 4.78 is 10.1. The van der Waals surface area contributed by atoms with Gasteiger partial charge in [0.05, 0.1) is 7.11 Å². The van der Waals surface area contributed by atoms with Crippen LogP contribution < -0.4 is 4.74 Å². The highest BCUT2D eigenvalue weighted by Crippen LogP contribution is 2.24. The van der Waals surface area contributed by atoms with Crippen LogP contribution in [0.3, 0.4) is 0 Å². The fourth-order valence-corrected chi connectivity index (χ4v) is 0.700. The van der Waals surface area contributed by atoms with Gasteiger partial charge in [0.1, 0.15) is 6.20 Å². The first-order valence-corrected chi connectivity index (χ1v) is 3.54. The molecule has 0 atom stereocenters. The van der Waals surface area contributed by atoms with E-state index in [1.54, 1.807) is 13.3 Å². The third-order valence-corrected chi connectivity index (χ3v) is 1.33. The Bertz CT molecular complexity index is 234. The normalized spacial score (nSPS) is 11.6. The standard InChI is InChI=1S/C8H13NO2/c1-8(2,3)7-9-5-6(10-4)11-7/h5H,1-4H3. The number of hydrogen-bond acceptors (Lipinski definition) is 3. The van der Waals surface area contributed by atoms with E-state index in [0.29, 0.717) is 11.8 Å². The predicted octanol–water partition coefficient (Wildman–Crippen LogP) is 1.98. The van der Waals surface area contributed by atoms with Crippen LogP contribution in [0.4, 0.5) is 0 Å². The minimum atomic E-state index is -0.0449. The molecule has 0 fully saturated rings. The van der Waals surface area contributed by atoms with Gasteiger partial charge in [-0.1, -0.05) is 20.8 Å². The second-order valence-corrected chi connectivity index (χ2v) is 3.44. The molecule has 3 heteroatoms. The molecule has 0 radical (unpaired) electrons. The van der Waals surface area contributed by atoms with E-state index in [9.17, 15) is 0 Å². The van der Waals surface area contributed by atoms with Crippen LogP contribution in [0.25, 0.3) is 0 Å². The van der Waals surface area contributed by atoms with Crippen LogP contribution >= 0.6 is 0 Å². The molecule has 1 aromatic rings.